The Morgan fingerprint density at radius 1 is 0.864 bits per heavy atom. The molecule has 0 aliphatic rings. The summed E-state index contributed by atoms with van der Waals surface area (Å²) in [5.41, 5.74) is 8.44. The van der Waals surface area contributed by atoms with Crippen LogP contribution >= 0.6 is 11.3 Å². The third-order valence-electron chi connectivity index (χ3n) is 5.73. The Kier molecular flexibility index (Phi) is 16.9. The largest absolute Gasteiger partial charge is 0.494 e. The van der Waals surface area contributed by atoms with E-state index < -0.39 is 20.2 Å². The van der Waals surface area contributed by atoms with Gasteiger partial charge in [0.05, 0.1) is 35.4 Å². The molecule has 3 aromatic rings. The Morgan fingerprint density at radius 2 is 1.30 bits per heavy atom. The topological polar surface area (TPSA) is 199 Å². The molecule has 0 bridgehead atoms. The molecule has 44 heavy (non-hydrogen) atoms. The van der Waals surface area contributed by atoms with Crippen LogP contribution in [0.3, 0.4) is 0 Å². The molecule has 3 rings (SSSR count). The first-order valence-corrected chi connectivity index (χ1v) is 17.9. The van der Waals surface area contributed by atoms with Gasteiger partial charge in [0.15, 0.2) is 5.84 Å². The molecule has 15 heteroatoms. The van der Waals surface area contributed by atoms with Gasteiger partial charge in [-0.2, -0.15) is 16.8 Å². The molecule has 0 amide bonds. The smallest absolute Gasteiger partial charge is 0.264 e. The number of amidine groups is 1. The Hall–Kier alpha value is -3.24. The minimum atomic E-state index is -3.66. The summed E-state index contributed by atoms with van der Waals surface area (Å²) < 4.78 is 65.4. The van der Waals surface area contributed by atoms with E-state index in [9.17, 15) is 16.8 Å². The van der Waals surface area contributed by atoms with Crippen LogP contribution in [0.4, 0.5) is 0 Å². The molecule has 0 aliphatic carbocycles. The van der Waals surface area contributed by atoms with E-state index in [1.807, 2.05) is 24.3 Å². The normalized spacial score (nSPS) is 11.7. The van der Waals surface area contributed by atoms with Crippen molar-refractivity contribution in [1.29, 1.82) is 0 Å². The van der Waals surface area contributed by atoms with Gasteiger partial charge in [-0.05, 0) is 94.5 Å². The molecule has 0 unspecified atom stereocenters. The number of aromatic nitrogens is 1. The van der Waals surface area contributed by atoms with Crippen molar-refractivity contribution in [3.63, 3.8) is 0 Å². The van der Waals surface area contributed by atoms with Crippen LogP contribution in [0, 0.1) is 6.92 Å². The van der Waals surface area contributed by atoms with Gasteiger partial charge in [-0.15, -0.1) is 11.3 Å². The number of aryl methyl sites for hydroxylation is 1. The molecule has 12 nitrogen and oxygen atoms in total. The van der Waals surface area contributed by atoms with Crippen LogP contribution in [0.5, 0.6) is 11.5 Å². The molecule has 1 aromatic heterocycles. The van der Waals surface area contributed by atoms with Crippen molar-refractivity contribution in [2.24, 2.45) is 10.9 Å². The molecule has 1 heterocycles. The molecule has 246 valence electrons. The van der Waals surface area contributed by atoms with Gasteiger partial charge in [0.2, 0.25) is 0 Å². The Bertz CT molecular complexity index is 1470. The van der Waals surface area contributed by atoms with E-state index >= 15 is 0 Å². The SMILES string of the molecule is CCS(=O)(=O)O.CCS(=O)(=O)O.Cc1nc(-c2ccc(OCCCCCOc3ccc(/C(N)=N/O)cc3)cc2)c(C(C)C)s1. The lowest BCUT2D eigenvalue weighted by molar-refractivity contribution is 0.279. The molecule has 0 aliphatic heterocycles. The zero-order valence-electron chi connectivity index (χ0n) is 25.6. The number of hydrogen-bond donors (Lipinski definition) is 4. The fraction of sp³-hybridized carbons (Fsp3) is 0.448. The summed E-state index contributed by atoms with van der Waals surface area (Å²) in [6.45, 7) is 10.5. The van der Waals surface area contributed by atoms with Crippen LogP contribution < -0.4 is 15.2 Å². The van der Waals surface area contributed by atoms with Crippen LogP contribution in [0.1, 0.15) is 68.3 Å². The maximum atomic E-state index is 9.56. The third-order valence-corrected chi connectivity index (χ3v) is 8.46. The van der Waals surface area contributed by atoms with Crippen LogP contribution in [0.25, 0.3) is 11.3 Å². The van der Waals surface area contributed by atoms with E-state index in [4.69, 9.17) is 34.5 Å². The van der Waals surface area contributed by atoms with Crippen molar-refractivity contribution in [3.8, 4) is 22.8 Å². The van der Waals surface area contributed by atoms with Gasteiger partial charge in [-0.1, -0.05) is 19.0 Å². The highest BCUT2D eigenvalue weighted by Crippen LogP contribution is 2.34. The van der Waals surface area contributed by atoms with Crippen LogP contribution in [0.2, 0.25) is 0 Å². The highest BCUT2D eigenvalue weighted by Gasteiger charge is 2.14. The average Bonchev–Trinajstić information content (AvgIpc) is 3.38. The Balaban J connectivity index is 0.000000681. The highest BCUT2D eigenvalue weighted by atomic mass is 32.2. The summed E-state index contributed by atoms with van der Waals surface area (Å²) in [4.78, 5) is 6.05. The van der Waals surface area contributed by atoms with E-state index in [2.05, 4.69) is 38.1 Å². The molecule has 5 N–H and O–H groups in total. The number of nitrogens with two attached hydrogens (primary N) is 1. The maximum Gasteiger partial charge on any atom is 0.264 e. The van der Waals surface area contributed by atoms with E-state index in [0.717, 1.165) is 47.0 Å². The standard InChI is InChI=1S/C25H31N3O3S.2C2H6O3S/c1-17(2)24-23(27-18(3)32-24)19-7-11-21(12-8-19)30-15-5-4-6-16-31-22-13-9-20(10-14-22)25(26)28-29;2*1-2-6(3,4)5/h7-14,17,29H,4-6,15-16H2,1-3H3,(H2,26,28);2*2H2,1H3,(H,3,4,5). The van der Waals surface area contributed by atoms with Crippen molar-refractivity contribution in [1.82, 2.24) is 4.98 Å². The second-order valence-electron chi connectivity index (χ2n) is 9.63. The van der Waals surface area contributed by atoms with Crippen molar-refractivity contribution in [3.05, 3.63) is 64.0 Å². The number of benzene rings is 2. The van der Waals surface area contributed by atoms with Crippen LogP contribution in [-0.4, -0.2) is 66.7 Å². The molecule has 2 aromatic carbocycles. The number of oxime groups is 1. The zero-order chi connectivity index (χ0) is 33.3. The van der Waals surface area contributed by atoms with E-state index in [-0.39, 0.29) is 17.3 Å². The van der Waals surface area contributed by atoms with Gasteiger partial charge in [0.1, 0.15) is 11.5 Å². The summed E-state index contributed by atoms with van der Waals surface area (Å²) in [5.74, 6) is 1.81. The Labute approximate surface area is 264 Å². The lowest BCUT2D eigenvalue weighted by Gasteiger charge is -2.09. The predicted octanol–water partition coefficient (Wildman–Crippen LogP) is 5.75. The summed E-state index contributed by atoms with van der Waals surface area (Å²) in [6, 6.07) is 15.4. The van der Waals surface area contributed by atoms with Gasteiger partial charge in [-0.3, -0.25) is 9.11 Å². The summed E-state index contributed by atoms with van der Waals surface area (Å²) in [7, 11) is -7.32. The van der Waals surface area contributed by atoms with Gasteiger partial charge < -0.3 is 20.4 Å². The highest BCUT2D eigenvalue weighted by molar-refractivity contribution is 7.85. The van der Waals surface area contributed by atoms with Crippen LogP contribution in [-0.2, 0) is 20.2 Å². The molecule has 0 radical (unpaired) electrons. The number of thiazole rings is 1. The molecule has 0 spiro atoms. The molecular weight excluding hydrogens is 631 g/mol. The quantitative estimate of drug-likeness (QED) is 0.0430. The predicted molar refractivity (Wildman–Crippen MR) is 174 cm³/mol. The second kappa shape index (κ2) is 19.2. The van der Waals surface area contributed by atoms with Gasteiger partial charge >= 0.3 is 0 Å². The van der Waals surface area contributed by atoms with Gasteiger partial charge in [0.25, 0.3) is 20.2 Å². The van der Waals surface area contributed by atoms with Gasteiger partial charge in [-0.25, -0.2) is 4.98 Å². The first-order valence-electron chi connectivity index (χ1n) is 13.9. The molecule has 0 atom stereocenters. The molecular formula is C29H43N3O9S3. The lowest BCUT2D eigenvalue weighted by atomic mass is 10.1. The van der Waals surface area contributed by atoms with Crippen molar-refractivity contribution in [2.45, 2.75) is 59.8 Å². The molecule has 0 saturated heterocycles. The van der Waals surface area contributed by atoms with Crippen molar-refractivity contribution < 1.29 is 40.6 Å². The first-order chi connectivity index (χ1) is 20.6. The van der Waals surface area contributed by atoms with Crippen molar-refractivity contribution in [2.75, 3.05) is 24.7 Å². The molecule has 0 saturated carbocycles. The van der Waals surface area contributed by atoms with E-state index in [0.29, 0.717) is 24.7 Å². The van der Waals surface area contributed by atoms with Gasteiger partial charge in [0, 0.05) is 16.0 Å². The number of rotatable bonds is 13. The monoisotopic (exact) mass is 673 g/mol. The number of unbranched alkanes of at least 4 members (excludes halogenated alkanes) is 2. The zero-order valence-corrected chi connectivity index (χ0v) is 28.1. The van der Waals surface area contributed by atoms with Crippen LogP contribution in [0.15, 0.2) is 53.7 Å². The summed E-state index contributed by atoms with van der Waals surface area (Å²) >= 11 is 1.77. The number of ether oxygens (including phenoxy) is 2. The minimum absolute atomic E-state index is 0.0877. The fourth-order valence-electron chi connectivity index (χ4n) is 3.29. The fourth-order valence-corrected chi connectivity index (χ4v) is 4.24. The Morgan fingerprint density at radius 3 is 1.68 bits per heavy atom. The average molecular weight is 674 g/mol. The summed E-state index contributed by atoms with van der Waals surface area (Å²) in [5, 5.41) is 12.8. The second-order valence-corrected chi connectivity index (χ2v) is 14.4. The lowest BCUT2D eigenvalue weighted by Crippen LogP contribution is -2.12. The van der Waals surface area contributed by atoms with E-state index in [1.54, 1.807) is 23.5 Å². The van der Waals surface area contributed by atoms with Crippen molar-refractivity contribution >= 4 is 37.4 Å². The minimum Gasteiger partial charge on any atom is -0.494 e. The number of nitrogens with zero attached hydrogens (tertiary/aromatic N) is 2. The third kappa shape index (κ3) is 16.0. The first kappa shape index (κ1) is 38.8. The number of hydrogen-bond acceptors (Lipinski definition) is 10. The summed E-state index contributed by atoms with van der Waals surface area (Å²) in [6.07, 6.45) is 2.94. The molecule has 0 fully saturated rings. The van der Waals surface area contributed by atoms with E-state index in [1.165, 1.54) is 18.7 Å². The maximum absolute atomic E-state index is 9.56.